The fraction of sp³-hybridized carbons (Fsp3) is 0.312. The van der Waals surface area contributed by atoms with Crippen LogP contribution in [0.3, 0.4) is 0 Å². The Morgan fingerprint density at radius 3 is 2.62 bits per heavy atom. The van der Waals surface area contributed by atoms with E-state index >= 15 is 0 Å². The van der Waals surface area contributed by atoms with Gasteiger partial charge in [-0.25, -0.2) is 4.98 Å². The van der Waals surface area contributed by atoms with Gasteiger partial charge >= 0.3 is 5.97 Å². The van der Waals surface area contributed by atoms with Crippen molar-refractivity contribution < 1.29 is 19.4 Å². The normalized spacial score (nSPS) is 12.5. The first kappa shape index (κ1) is 16.3. The largest absolute Gasteiger partial charge is 0.493 e. The predicted octanol–water partition coefficient (Wildman–Crippen LogP) is 2.66. The molecular weight excluding hydrogens is 332 g/mol. The van der Waals surface area contributed by atoms with Gasteiger partial charge in [0.25, 0.3) is 5.56 Å². The molecule has 1 aromatic carbocycles. The number of thiophene rings is 1. The molecule has 24 heavy (non-hydrogen) atoms. The lowest BCUT2D eigenvalue weighted by atomic mass is 10.2. The molecule has 3 aromatic rings. The number of carboxylic acid groups (broad SMARTS) is 1. The van der Waals surface area contributed by atoms with Crippen LogP contribution in [0.15, 0.2) is 23.3 Å². The topological polar surface area (TPSA) is 90.7 Å². The predicted molar refractivity (Wildman–Crippen MR) is 91.5 cm³/mol. The van der Waals surface area contributed by atoms with Gasteiger partial charge in [0.2, 0.25) is 0 Å². The number of nitrogens with zero attached hydrogens (tertiary/aromatic N) is 2. The number of methoxy groups -OCH3 is 2. The number of aromatic nitrogens is 2. The molecule has 0 aliphatic carbocycles. The van der Waals surface area contributed by atoms with E-state index in [1.54, 1.807) is 27.2 Å². The standard InChI is InChI=1S/C16H16N2O5S/c1-8(4-13(19)20)18-7-17-14-9-5-10(22-2)11(23-3)6-12(9)24-15(14)16(18)21/h5-8H,4H2,1-3H3,(H,19,20). The summed E-state index contributed by atoms with van der Waals surface area (Å²) in [4.78, 5) is 28.0. The molecule has 3 rings (SSSR count). The van der Waals surface area contributed by atoms with E-state index in [1.807, 2.05) is 6.07 Å². The molecular formula is C16H16N2O5S. The summed E-state index contributed by atoms with van der Waals surface area (Å²) in [6.45, 7) is 1.68. The number of benzene rings is 1. The zero-order valence-corrected chi connectivity index (χ0v) is 14.2. The van der Waals surface area contributed by atoms with Crippen LogP contribution >= 0.6 is 11.3 Å². The molecule has 8 heteroatoms. The number of hydrogen-bond donors (Lipinski definition) is 1. The summed E-state index contributed by atoms with van der Waals surface area (Å²) in [5, 5.41) is 9.73. The van der Waals surface area contributed by atoms with Crippen molar-refractivity contribution in [2.24, 2.45) is 0 Å². The molecule has 0 fully saturated rings. The zero-order chi connectivity index (χ0) is 17.4. The van der Waals surface area contributed by atoms with Crippen molar-refractivity contribution in [3.63, 3.8) is 0 Å². The number of hydrogen-bond acceptors (Lipinski definition) is 6. The molecule has 0 radical (unpaired) electrons. The maximum absolute atomic E-state index is 12.7. The van der Waals surface area contributed by atoms with E-state index in [0.29, 0.717) is 21.7 Å². The summed E-state index contributed by atoms with van der Waals surface area (Å²) < 4.78 is 13.3. The molecule has 1 atom stereocenters. The van der Waals surface area contributed by atoms with E-state index in [4.69, 9.17) is 14.6 Å². The average molecular weight is 348 g/mol. The first-order valence-corrected chi connectivity index (χ1v) is 8.05. The highest BCUT2D eigenvalue weighted by Crippen LogP contribution is 2.38. The maximum Gasteiger partial charge on any atom is 0.305 e. The van der Waals surface area contributed by atoms with Gasteiger partial charge in [0.1, 0.15) is 4.70 Å². The van der Waals surface area contributed by atoms with Crippen molar-refractivity contribution in [3.05, 3.63) is 28.8 Å². The van der Waals surface area contributed by atoms with Crippen molar-refractivity contribution in [2.75, 3.05) is 14.2 Å². The molecule has 0 spiro atoms. The second kappa shape index (κ2) is 6.12. The molecule has 2 aromatic heterocycles. The molecule has 0 saturated carbocycles. The van der Waals surface area contributed by atoms with Gasteiger partial charge < -0.3 is 14.6 Å². The summed E-state index contributed by atoms with van der Waals surface area (Å²) >= 11 is 1.31. The SMILES string of the molecule is COc1cc2sc3c(=O)n(C(C)CC(=O)O)cnc3c2cc1OC. The van der Waals surface area contributed by atoms with E-state index in [0.717, 1.165) is 10.1 Å². The van der Waals surface area contributed by atoms with Gasteiger partial charge in [-0.2, -0.15) is 0 Å². The third kappa shape index (κ3) is 2.58. The third-order valence-electron chi connectivity index (χ3n) is 3.85. The second-order valence-corrected chi connectivity index (χ2v) is 6.44. The number of fused-ring (bicyclic) bond motifs is 3. The fourth-order valence-electron chi connectivity index (χ4n) is 2.64. The van der Waals surface area contributed by atoms with Gasteiger partial charge in [-0.05, 0) is 13.0 Å². The fourth-order valence-corrected chi connectivity index (χ4v) is 3.74. The highest BCUT2D eigenvalue weighted by Gasteiger charge is 2.18. The van der Waals surface area contributed by atoms with Crippen LogP contribution in [0.4, 0.5) is 0 Å². The van der Waals surface area contributed by atoms with Crippen molar-refractivity contribution in [2.45, 2.75) is 19.4 Å². The van der Waals surface area contributed by atoms with Crippen LogP contribution in [-0.4, -0.2) is 34.8 Å². The Morgan fingerprint density at radius 2 is 2.00 bits per heavy atom. The van der Waals surface area contributed by atoms with Crippen LogP contribution < -0.4 is 15.0 Å². The number of carbonyl (C=O) groups is 1. The van der Waals surface area contributed by atoms with E-state index in [9.17, 15) is 9.59 Å². The Balaban J connectivity index is 2.24. The van der Waals surface area contributed by atoms with Crippen LogP contribution in [0.1, 0.15) is 19.4 Å². The van der Waals surface area contributed by atoms with Crippen LogP contribution in [0.25, 0.3) is 20.3 Å². The van der Waals surface area contributed by atoms with Gasteiger partial charge in [-0.15, -0.1) is 11.3 Å². The first-order chi connectivity index (χ1) is 11.5. The third-order valence-corrected chi connectivity index (χ3v) is 4.98. The minimum atomic E-state index is -0.958. The number of ether oxygens (including phenoxy) is 2. The minimum Gasteiger partial charge on any atom is -0.493 e. The molecule has 0 amide bonds. The van der Waals surface area contributed by atoms with E-state index in [-0.39, 0.29) is 12.0 Å². The Hall–Kier alpha value is -2.61. The molecule has 0 bridgehead atoms. The first-order valence-electron chi connectivity index (χ1n) is 7.23. The molecule has 2 heterocycles. The number of carboxylic acids is 1. The molecule has 126 valence electrons. The van der Waals surface area contributed by atoms with Crippen LogP contribution in [-0.2, 0) is 4.79 Å². The lowest BCUT2D eigenvalue weighted by Gasteiger charge is -2.11. The van der Waals surface area contributed by atoms with Gasteiger partial charge in [-0.1, -0.05) is 0 Å². The Labute approximate surface area is 141 Å². The van der Waals surface area contributed by atoms with Gasteiger partial charge in [0, 0.05) is 22.2 Å². The van der Waals surface area contributed by atoms with Crippen LogP contribution in [0.5, 0.6) is 11.5 Å². The quantitative estimate of drug-likeness (QED) is 0.762. The Morgan fingerprint density at radius 1 is 1.33 bits per heavy atom. The van der Waals surface area contributed by atoms with Crippen molar-refractivity contribution in [3.8, 4) is 11.5 Å². The molecule has 0 saturated heterocycles. The zero-order valence-electron chi connectivity index (χ0n) is 13.4. The van der Waals surface area contributed by atoms with E-state index < -0.39 is 12.0 Å². The average Bonchev–Trinajstić information content (AvgIpc) is 2.91. The number of rotatable bonds is 5. The minimum absolute atomic E-state index is 0.139. The maximum atomic E-state index is 12.7. The summed E-state index contributed by atoms with van der Waals surface area (Å²) in [5.41, 5.74) is 0.340. The summed E-state index contributed by atoms with van der Waals surface area (Å²) in [5.74, 6) is 0.186. The monoisotopic (exact) mass is 348 g/mol. The highest BCUT2D eigenvalue weighted by molar-refractivity contribution is 7.25. The van der Waals surface area contributed by atoms with Crippen molar-refractivity contribution in [1.29, 1.82) is 0 Å². The number of aliphatic carboxylic acids is 1. The summed E-state index contributed by atoms with van der Waals surface area (Å²) in [7, 11) is 3.10. The lowest BCUT2D eigenvalue weighted by Crippen LogP contribution is -2.24. The molecule has 1 unspecified atom stereocenters. The molecule has 1 N–H and O–H groups in total. The summed E-state index contributed by atoms with van der Waals surface area (Å²) in [6.07, 6.45) is 1.26. The molecule has 7 nitrogen and oxygen atoms in total. The second-order valence-electron chi connectivity index (χ2n) is 5.39. The van der Waals surface area contributed by atoms with Crippen LogP contribution in [0.2, 0.25) is 0 Å². The van der Waals surface area contributed by atoms with Gasteiger partial charge in [0.05, 0.1) is 32.5 Å². The Bertz CT molecular complexity index is 991. The van der Waals surface area contributed by atoms with Crippen LogP contribution in [0, 0.1) is 0 Å². The lowest BCUT2D eigenvalue weighted by molar-refractivity contribution is -0.137. The van der Waals surface area contributed by atoms with E-state index in [1.165, 1.54) is 22.2 Å². The molecule has 0 aliphatic rings. The molecule has 0 aliphatic heterocycles. The van der Waals surface area contributed by atoms with Crippen molar-refractivity contribution >= 4 is 37.6 Å². The smallest absolute Gasteiger partial charge is 0.305 e. The Kier molecular flexibility index (Phi) is 4.15. The van der Waals surface area contributed by atoms with Crippen molar-refractivity contribution in [1.82, 2.24) is 9.55 Å². The van der Waals surface area contributed by atoms with Gasteiger partial charge in [-0.3, -0.25) is 14.2 Å². The van der Waals surface area contributed by atoms with Gasteiger partial charge in [0.15, 0.2) is 11.5 Å². The highest BCUT2D eigenvalue weighted by atomic mass is 32.1. The van der Waals surface area contributed by atoms with E-state index in [2.05, 4.69) is 4.98 Å². The summed E-state index contributed by atoms with van der Waals surface area (Å²) in [6, 6.07) is 3.14.